The molecule has 0 spiro atoms. The van der Waals surface area contributed by atoms with Crippen molar-refractivity contribution in [1.29, 1.82) is 0 Å². The minimum absolute atomic E-state index is 0.151. The Hall–Kier alpha value is -2.28. The van der Waals surface area contributed by atoms with Crippen LogP contribution < -0.4 is 0 Å². The molecule has 0 fully saturated rings. The molecule has 102 valence electrons. The SMILES string of the molecule is O=[N+]([O-])c1cc(Br)c(O)c(C=Nc2ccc(F)cc2)c1. The van der Waals surface area contributed by atoms with Crippen LogP contribution in [0, 0.1) is 15.9 Å². The highest BCUT2D eigenvalue weighted by molar-refractivity contribution is 9.10. The maximum atomic E-state index is 12.7. The van der Waals surface area contributed by atoms with Gasteiger partial charge in [-0.25, -0.2) is 4.39 Å². The van der Waals surface area contributed by atoms with Gasteiger partial charge < -0.3 is 5.11 Å². The van der Waals surface area contributed by atoms with Crippen LogP contribution in [0.15, 0.2) is 45.9 Å². The lowest BCUT2D eigenvalue weighted by molar-refractivity contribution is -0.385. The van der Waals surface area contributed by atoms with Crippen molar-refractivity contribution < 1.29 is 14.4 Å². The first-order valence-corrected chi connectivity index (χ1v) is 6.23. The van der Waals surface area contributed by atoms with E-state index in [1.54, 1.807) is 0 Å². The molecule has 0 aromatic heterocycles. The minimum atomic E-state index is -0.570. The number of nitro groups is 1. The van der Waals surface area contributed by atoms with Gasteiger partial charge in [0.2, 0.25) is 0 Å². The molecular formula is C13H8BrFN2O3. The van der Waals surface area contributed by atoms with Crippen molar-refractivity contribution >= 4 is 33.5 Å². The molecule has 2 aromatic rings. The normalized spacial score (nSPS) is 10.9. The lowest BCUT2D eigenvalue weighted by Crippen LogP contribution is -1.91. The molecule has 5 nitrogen and oxygen atoms in total. The third kappa shape index (κ3) is 3.18. The summed E-state index contributed by atoms with van der Waals surface area (Å²) in [6, 6.07) is 7.80. The minimum Gasteiger partial charge on any atom is -0.506 e. The number of nitro benzene ring substituents is 1. The van der Waals surface area contributed by atoms with Crippen molar-refractivity contribution in [3.63, 3.8) is 0 Å². The number of halogens is 2. The van der Waals surface area contributed by atoms with Gasteiger partial charge in [-0.2, -0.15) is 0 Å². The van der Waals surface area contributed by atoms with Gasteiger partial charge in [-0.15, -0.1) is 0 Å². The molecule has 0 aliphatic rings. The number of aliphatic imine (C=N–C) groups is 1. The Morgan fingerprint density at radius 3 is 2.55 bits per heavy atom. The zero-order chi connectivity index (χ0) is 14.7. The second-order valence-electron chi connectivity index (χ2n) is 3.86. The highest BCUT2D eigenvalue weighted by atomic mass is 79.9. The van der Waals surface area contributed by atoms with Crippen LogP contribution in [0.2, 0.25) is 0 Å². The van der Waals surface area contributed by atoms with Crippen LogP contribution in [0.3, 0.4) is 0 Å². The monoisotopic (exact) mass is 338 g/mol. The predicted molar refractivity (Wildman–Crippen MR) is 76.1 cm³/mol. The Morgan fingerprint density at radius 1 is 1.30 bits per heavy atom. The molecule has 0 saturated heterocycles. The van der Waals surface area contributed by atoms with Gasteiger partial charge in [0.05, 0.1) is 15.1 Å². The highest BCUT2D eigenvalue weighted by Gasteiger charge is 2.13. The molecule has 0 saturated carbocycles. The fourth-order valence-corrected chi connectivity index (χ4v) is 1.94. The summed E-state index contributed by atoms with van der Waals surface area (Å²) in [4.78, 5) is 14.2. The molecule has 0 heterocycles. The molecule has 20 heavy (non-hydrogen) atoms. The van der Waals surface area contributed by atoms with Crippen LogP contribution in [0.5, 0.6) is 5.75 Å². The number of phenolic OH excluding ortho intramolecular Hbond substituents is 1. The topological polar surface area (TPSA) is 75.7 Å². The van der Waals surface area contributed by atoms with Gasteiger partial charge in [-0.1, -0.05) is 0 Å². The summed E-state index contributed by atoms with van der Waals surface area (Å²) in [6.45, 7) is 0. The summed E-state index contributed by atoms with van der Waals surface area (Å²) < 4.78 is 12.9. The Morgan fingerprint density at radius 2 is 1.95 bits per heavy atom. The van der Waals surface area contributed by atoms with Gasteiger partial charge in [0.25, 0.3) is 5.69 Å². The summed E-state index contributed by atoms with van der Waals surface area (Å²) in [6.07, 6.45) is 1.28. The predicted octanol–water partition coefficient (Wildman–Crippen LogP) is 3.95. The van der Waals surface area contributed by atoms with E-state index in [2.05, 4.69) is 20.9 Å². The molecule has 0 atom stereocenters. The Kier molecular flexibility index (Phi) is 4.09. The lowest BCUT2D eigenvalue weighted by atomic mass is 10.2. The smallest absolute Gasteiger partial charge is 0.271 e. The van der Waals surface area contributed by atoms with Crippen molar-refractivity contribution in [2.45, 2.75) is 0 Å². The fourth-order valence-electron chi connectivity index (χ4n) is 1.48. The van der Waals surface area contributed by atoms with Crippen molar-refractivity contribution in [2.24, 2.45) is 4.99 Å². The molecule has 0 amide bonds. The molecule has 0 aliphatic heterocycles. The van der Waals surface area contributed by atoms with Crippen LogP contribution in [0.4, 0.5) is 15.8 Å². The first-order valence-electron chi connectivity index (χ1n) is 5.44. The molecule has 2 rings (SSSR count). The number of hydrogen-bond donors (Lipinski definition) is 1. The van der Waals surface area contributed by atoms with Crippen LogP contribution in [-0.2, 0) is 0 Å². The van der Waals surface area contributed by atoms with Gasteiger partial charge in [0.1, 0.15) is 11.6 Å². The summed E-state index contributed by atoms with van der Waals surface area (Å²) in [5, 5.41) is 20.6. The summed E-state index contributed by atoms with van der Waals surface area (Å²) >= 11 is 3.04. The van der Waals surface area contributed by atoms with Gasteiger partial charge >= 0.3 is 0 Å². The fraction of sp³-hybridized carbons (Fsp3) is 0. The third-order valence-electron chi connectivity index (χ3n) is 2.47. The number of rotatable bonds is 3. The van der Waals surface area contributed by atoms with Gasteiger partial charge in [0, 0.05) is 23.9 Å². The van der Waals surface area contributed by atoms with E-state index in [9.17, 15) is 19.6 Å². The van der Waals surface area contributed by atoms with E-state index in [0.717, 1.165) is 0 Å². The van der Waals surface area contributed by atoms with E-state index in [1.807, 2.05) is 0 Å². The second-order valence-corrected chi connectivity index (χ2v) is 4.71. The van der Waals surface area contributed by atoms with Gasteiger partial charge in [-0.05, 0) is 40.2 Å². The maximum Gasteiger partial charge on any atom is 0.271 e. The largest absolute Gasteiger partial charge is 0.506 e. The quantitative estimate of drug-likeness (QED) is 0.523. The molecule has 0 unspecified atom stereocenters. The van der Waals surface area contributed by atoms with E-state index >= 15 is 0 Å². The van der Waals surface area contributed by atoms with Crippen LogP contribution in [-0.4, -0.2) is 16.2 Å². The van der Waals surface area contributed by atoms with Gasteiger partial charge in [-0.3, -0.25) is 15.1 Å². The lowest BCUT2D eigenvalue weighted by Gasteiger charge is -2.02. The zero-order valence-corrected chi connectivity index (χ0v) is 11.5. The van der Waals surface area contributed by atoms with Crippen molar-refractivity contribution in [3.05, 3.63) is 62.4 Å². The Labute approximate surface area is 121 Å². The van der Waals surface area contributed by atoms with Crippen LogP contribution in [0.25, 0.3) is 0 Å². The number of hydrogen-bond acceptors (Lipinski definition) is 4. The molecule has 0 bridgehead atoms. The number of benzene rings is 2. The number of non-ortho nitro benzene ring substituents is 1. The first-order chi connectivity index (χ1) is 9.47. The second kappa shape index (κ2) is 5.79. The Balaban J connectivity index is 2.37. The average molecular weight is 339 g/mol. The highest BCUT2D eigenvalue weighted by Crippen LogP contribution is 2.31. The summed E-state index contributed by atoms with van der Waals surface area (Å²) in [5.74, 6) is -0.536. The molecular weight excluding hydrogens is 331 g/mol. The zero-order valence-electron chi connectivity index (χ0n) is 9.96. The van der Waals surface area contributed by atoms with Crippen molar-refractivity contribution in [3.8, 4) is 5.75 Å². The number of nitrogens with zero attached hydrogens (tertiary/aromatic N) is 2. The molecule has 0 radical (unpaired) electrons. The summed E-state index contributed by atoms with van der Waals surface area (Å²) in [5.41, 5.74) is 0.485. The van der Waals surface area contributed by atoms with Crippen molar-refractivity contribution in [1.82, 2.24) is 0 Å². The van der Waals surface area contributed by atoms with E-state index in [-0.39, 0.29) is 27.3 Å². The third-order valence-corrected chi connectivity index (χ3v) is 3.07. The van der Waals surface area contributed by atoms with E-state index in [1.165, 1.54) is 42.6 Å². The Bertz CT molecular complexity index is 687. The maximum absolute atomic E-state index is 12.7. The molecule has 2 aromatic carbocycles. The number of phenols is 1. The van der Waals surface area contributed by atoms with E-state index in [4.69, 9.17) is 0 Å². The van der Waals surface area contributed by atoms with Crippen LogP contribution in [0.1, 0.15) is 5.56 Å². The average Bonchev–Trinajstić information content (AvgIpc) is 2.42. The molecule has 7 heteroatoms. The van der Waals surface area contributed by atoms with Crippen LogP contribution >= 0.6 is 15.9 Å². The standard InChI is InChI=1S/C13H8BrFN2O3/c14-12-6-11(17(19)20)5-8(13(12)18)7-16-10-3-1-9(15)2-4-10/h1-7,18H. The molecule has 1 N–H and O–H groups in total. The first kappa shape index (κ1) is 14.1. The number of aromatic hydroxyl groups is 1. The molecule has 0 aliphatic carbocycles. The van der Waals surface area contributed by atoms with E-state index < -0.39 is 4.92 Å². The van der Waals surface area contributed by atoms with E-state index in [0.29, 0.717) is 5.69 Å². The van der Waals surface area contributed by atoms with Gasteiger partial charge in [0.15, 0.2) is 0 Å². The van der Waals surface area contributed by atoms with Crippen molar-refractivity contribution in [2.75, 3.05) is 0 Å². The summed E-state index contributed by atoms with van der Waals surface area (Å²) in [7, 11) is 0.